The molecule has 124 valence electrons. The molecule has 0 atom stereocenters. The van der Waals surface area contributed by atoms with E-state index in [0.717, 1.165) is 28.0 Å². The molecule has 4 aromatic rings. The van der Waals surface area contributed by atoms with Crippen LogP contribution in [-0.2, 0) is 6.42 Å². The lowest BCUT2D eigenvalue weighted by Gasteiger charge is -2.09. The van der Waals surface area contributed by atoms with E-state index < -0.39 is 0 Å². The Kier molecular flexibility index (Phi) is 3.99. The molecule has 0 spiro atoms. The van der Waals surface area contributed by atoms with Gasteiger partial charge in [-0.25, -0.2) is 4.98 Å². The number of pyridine rings is 1. The van der Waals surface area contributed by atoms with Crippen molar-refractivity contribution in [3.8, 4) is 0 Å². The lowest BCUT2D eigenvalue weighted by atomic mass is 10.1. The van der Waals surface area contributed by atoms with Crippen molar-refractivity contribution >= 4 is 43.7 Å². The molecule has 0 saturated heterocycles. The second kappa shape index (κ2) is 6.45. The predicted molar refractivity (Wildman–Crippen MR) is 100 cm³/mol. The molecule has 1 N–H and O–H groups in total. The van der Waals surface area contributed by atoms with Crippen LogP contribution in [-0.4, -0.2) is 21.4 Å². The number of hydrogen-bond donors (Lipinski definition) is 1. The summed E-state index contributed by atoms with van der Waals surface area (Å²) in [6, 6.07) is 13.1. The Morgan fingerprint density at radius 3 is 2.84 bits per heavy atom. The maximum Gasteiger partial charge on any atom is 0.278 e. The number of nitro benzene ring substituents is 1. The van der Waals surface area contributed by atoms with E-state index in [0.29, 0.717) is 11.9 Å². The quantitative estimate of drug-likeness (QED) is 0.426. The van der Waals surface area contributed by atoms with E-state index in [1.165, 1.54) is 17.0 Å². The van der Waals surface area contributed by atoms with Crippen molar-refractivity contribution in [2.45, 2.75) is 6.42 Å². The molecule has 0 aliphatic rings. The Balaban J connectivity index is 1.55. The van der Waals surface area contributed by atoms with Crippen molar-refractivity contribution < 1.29 is 4.92 Å². The van der Waals surface area contributed by atoms with Gasteiger partial charge in [0.25, 0.3) is 5.69 Å². The lowest BCUT2D eigenvalue weighted by Crippen LogP contribution is -2.05. The third-order valence-electron chi connectivity index (χ3n) is 3.98. The Hall–Kier alpha value is -3.06. The van der Waals surface area contributed by atoms with Gasteiger partial charge in [-0.3, -0.25) is 15.1 Å². The fourth-order valence-electron chi connectivity index (χ4n) is 2.82. The number of rotatable bonds is 5. The molecule has 0 amide bonds. The summed E-state index contributed by atoms with van der Waals surface area (Å²) in [6.45, 7) is 0.703. The summed E-state index contributed by atoms with van der Waals surface area (Å²) >= 11 is 1.69. The molecule has 0 aliphatic heterocycles. The van der Waals surface area contributed by atoms with Gasteiger partial charge < -0.3 is 5.32 Å². The molecular weight excluding hydrogens is 336 g/mol. The monoisotopic (exact) mass is 350 g/mol. The zero-order chi connectivity index (χ0) is 17.2. The highest BCUT2D eigenvalue weighted by molar-refractivity contribution is 7.18. The van der Waals surface area contributed by atoms with Crippen LogP contribution in [0.25, 0.3) is 21.0 Å². The fourth-order valence-corrected chi connectivity index (χ4v) is 3.79. The molecular formula is C18H14N4O2S. The average molecular weight is 350 g/mol. The zero-order valence-electron chi connectivity index (χ0n) is 13.2. The highest BCUT2D eigenvalue weighted by Gasteiger charge is 2.14. The number of anilines is 1. The third kappa shape index (κ3) is 3.01. The number of hydrogen-bond acceptors (Lipinski definition) is 6. The first-order valence-electron chi connectivity index (χ1n) is 7.82. The van der Waals surface area contributed by atoms with Crippen LogP contribution in [0.3, 0.4) is 0 Å². The molecule has 0 bridgehead atoms. The Bertz CT molecular complexity index is 1040. The number of nitrogens with zero attached hydrogens (tertiary/aromatic N) is 3. The minimum Gasteiger partial charge on any atom is -0.384 e. The van der Waals surface area contributed by atoms with Crippen LogP contribution in [0.1, 0.15) is 5.01 Å². The maximum absolute atomic E-state index is 11.2. The van der Waals surface area contributed by atoms with Crippen LogP contribution in [0.2, 0.25) is 0 Å². The largest absolute Gasteiger partial charge is 0.384 e. The first-order chi connectivity index (χ1) is 12.2. The molecule has 7 heteroatoms. The molecule has 2 heterocycles. The summed E-state index contributed by atoms with van der Waals surface area (Å²) in [5, 5.41) is 16.9. The Labute approximate surface area is 147 Å². The summed E-state index contributed by atoms with van der Waals surface area (Å²) in [7, 11) is 0. The summed E-state index contributed by atoms with van der Waals surface area (Å²) < 4.78 is 1.18. The average Bonchev–Trinajstić information content (AvgIpc) is 3.04. The summed E-state index contributed by atoms with van der Waals surface area (Å²) in [4.78, 5) is 19.4. The number of nitro groups is 1. The fraction of sp³-hybridized carbons (Fsp3) is 0.111. The first kappa shape index (κ1) is 15.5. The van der Waals surface area contributed by atoms with E-state index in [-0.39, 0.29) is 10.6 Å². The van der Waals surface area contributed by atoms with Crippen molar-refractivity contribution in [1.29, 1.82) is 0 Å². The van der Waals surface area contributed by atoms with Crippen LogP contribution in [0, 0.1) is 10.1 Å². The van der Waals surface area contributed by atoms with E-state index in [9.17, 15) is 10.1 Å². The van der Waals surface area contributed by atoms with E-state index in [2.05, 4.69) is 21.4 Å². The van der Waals surface area contributed by atoms with Gasteiger partial charge in [0.2, 0.25) is 0 Å². The summed E-state index contributed by atoms with van der Waals surface area (Å²) in [5.74, 6) is 0. The lowest BCUT2D eigenvalue weighted by molar-refractivity contribution is -0.383. The number of para-hydroxylation sites is 1. The third-order valence-corrected chi connectivity index (χ3v) is 5.08. The molecule has 25 heavy (non-hydrogen) atoms. The van der Waals surface area contributed by atoms with Gasteiger partial charge in [-0.05, 0) is 24.3 Å². The van der Waals surface area contributed by atoms with E-state index >= 15 is 0 Å². The summed E-state index contributed by atoms with van der Waals surface area (Å²) in [5.41, 5.74) is 1.96. The van der Waals surface area contributed by atoms with Gasteiger partial charge in [0.1, 0.15) is 0 Å². The molecule has 0 aliphatic carbocycles. The van der Waals surface area contributed by atoms with Crippen molar-refractivity contribution in [2.75, 3.05) is 11.9 Å². The van der Waals surface area contributed by atoms with Crippen molar-refractivity contribution in [1.82, 2.24) is 9.97 Å². The van der Waals surface area contributed by atoms with Gasteiger partial charge in [0, 0.05) is 42.5 Å². The molecule has 4 rings (SSSR count). The second-order valence-corrected chi connectivity index (χ2v) is 6.68. The first-order valence-corrected chi connectivity index (χ1v) is 8.63. The van der Waals surface area contributed by atoms with Gasteiger partial charge in [-0.15, -0.1) is 11.3 Å². The molecule has 0 radical (unpaired) electrons. The molecule has 2 aromatic heterocycles. The second-order valence-electron chi connectivity index (χ2n) is 5.56. The Morgan fingerprint density at radius 1 is 1.12 bits per heavy atom. The number of thiazole rings is 1. The van der Waals surface area contributed by atoms with E-state index in [1.54, 1.807) is 29.7 Å². The van der Waals surface area contributed by atoms with Gasteiger partial charge in [-0.1, -0.05) is 12.1 Å². The number of fused-ring (bicyclic) bond motifs is 2. The molecule has 6 nitrogen and oxygen atoms in total. The maximum atomic E-state index is 11.2. The van der Waals surface area contributed by atoms with Crippen molar-refractivity contribution in [3.05, 3.63) is 70.0 Å². The highest BCUT2D eigenvalue weighted by Crippen LogP contribution is 2.30. The smallest absolute Gasteiger partial charge is 0.278 e. The SMILES string of the molecule is O=[N+]([O-])c1ccc(NCCc2nc3ccccc3s2)c2ccncc12. The van der Waals surface area contributed by atoms with Crippen molar-refractivity contribution in [3.63, 3.8) is 0 Å². The van der Waals surface area contributed by atoms with Gasteiger partial charge in [0.05, 0.1) is 25.5 Å². The van der Waals surface area contributed by atoms with Crippen LogP contribution in [0.4, 0.5) is 11.4 Å². The normalized spacial score (nSPS) is 11.0. The molecule has 0 fully saturated rings. The standard InChI is InChI=1S/C18H14N4O2S/c23-22(24)16-6-5-14(12-7-9-19-11-13(12)16)20-10-8-18-21-15-3-1-2-4-17(15)25-18/h1-7,9,11,20H,8,10H2. The van der Waals surface area contributed by atoms with Crippen LogP contribution < -0.4 is 5.32 Å². The summed E-state index contributed by atoms with van der Waals surface area (Å²) in [6.07, 6.45) is 3.97. The molecule has 0 saturated carbocycles. The van der Waals surface area contributed by atoms with Crippen LogP contribution in [0.5, 0.6) is 0 Å². The molecule has 0 unspecified atom stereocenters. The molecule has 2 aromatic carbocycles. The van der Waals surface area contributed by atoms with Crippen LogP contribution >= 0.6 is 11.3 Å². The van der Waals surface area contributed by atoms with Gasteiger partial charge in [-0.2, -0.15) is 0 Å². The van der Waals surface area contributed by atoms with E-state index in [4.69, 9.17) is 0 Å². The highest BCUT2D eigenvalue weighted by atomic mass is 32.1. The van der Waals surface area contributed by atoms with Crippen molar-refractivity contribution in [2.24, 2.45) is 0 Å². The predicted octanol–water partition coefficient (Wildman–Crippen LogP) is 4.41. The minimum atomic E-state index is -0.380. The topological polar surface area (TPSA) is 81.0 Å². The van der Waals surface area contributed by atoms with Gasteiger partial charge >= 0.3 is 0 Å². The number of benzene rings is 2. The zero-order valence-corrected chi connectivity index (χ0v) is 14.0. The van der Waals surface area contributed by atoms with Crippen LogP contribution in [0.15, 0.2) is 54.9 Å². The minimum absolute atomic E-state index is 0.0693. The van der Waals surface area contributed by atoms with Gasteiger partial charge in [0.15, 0.2) is 0 Å². The number of aromatic nitrogens is 2. The van der Waals surface area contributed by atoms with E-state index in [1.807, 2.05) is 18.2 Å². The number of non-ortho nitro benzene ring substituents is 1. The Morgan fingerprint density at radius 2 is 2.00 bits per heavy atom. The number of nitrogens with one attached hydrogen (secondary N) is 1.